The number of nitrogens with zero attached hydrogens (tertiary/aromatic N) is 1. The van der Waals surface area contributed by atoms with Crippen molar-refractivity contribution in [1.82, 2.24) is 4.90 Å². The van der Waals surface area contributed by atoms with Crippen molar-refractivity contribution in [2.24, 2.45) is 5.73 Å². The van der Waals surface area contributed by atoms with E-state index >= 15 is 0 Å². The van der Waals surface area contributed by atoms with Gasteiger partial charge in [-0.2, -0.15) is 0 Å². The van der Waals surface area contributed by atoms with Crippen LogP contribution in [0.5, 0.6) is 5.75 Å². The molecule has 1 aliphatic rings. The van der Waals surface area contributed by atoms with Crippen molar-refractivity contribution in [3.8, 4) is 5.75 Å². The van der Waals surface area contributed by atoms with E-state index in [4.69, 9.17) is 14.9 Å². The first-order valence-electron chi connectivity index (χ1n) is 9.23. The van der Waals surface area contributed by atoms with Crippen LogP contribution < -0.4 is 16.1 Å². The van der Waals surface area contributed by atoms with Crippen LogP contribution in [0.15, 0.2) is 27.4 Å². The molecule has 6 nitrogen and oxygen atoms in total. The van der Waals surface area contributed by atoms with Crippen LogP contribution in [-0.4, -0.2) is 36.5 Å². The number of carbonyl (C=O) groups is 1. The van der Waals surface area contributed by atoms with E-state index in [0.29, 0.717) is 24.3 Å². The lowest BCUT2D eigenvalue weighted by atomic mass is 10.0. The second-order valence-electron chi connectivity index (χ2n) is 6.84. The smallest absolute Gasteiger partial charge is 0.336 e. The lowest BCUT2D eigenvalue weighted by molar-refractivity contribution is -0.136. The van der Waals surface area contributed by atoms with Gasteiger partial charge in [-0.15, -0.1) is 0 Å². The Bertz CT molecular complexity index is 859. The molecule has 0 saturated carbocycles. The average molecular weight is 358 g/mol. The van der Waals surface area contributed by atoms with Gasteiger partial charge in [0.05, 0.1) is 5.39 Å². The molecule has 0 spiro atoms. The number of hydrogen-bond donors (Lipinski definition) is 1. The molecule has 6 heteroatoms. The van der Waals surface area contributed by atoms with Crippen molar-refractivity contribution < 1.29 is 13.9 Å². The number of benzene rings is 1. The molecule has 2 heterocycles. The molecule has 1 fully saturated rings. The van der Waals surface area contributed by atoms with Crippen LogP contribution in [0.1, 0.15) is 37.3 Å². The van der Waals surface area contributed by atoms with Crippen LogP contribution in [0, 0.1) is 6.92 Å². The summed E-state index contributed by atoms with van der Waals surface area (Å²) in [5.41, 5.74) is 7.70. The van der Waals surface area contributed by atoms with Gasteiger partial charge in [-0.1, -0.05) is 6.92 Å². The summed E-state index contributed by atoms with van der Waals surface area (Å²) in [6, 6.07) is 5.28. The molecular formula is C20H26N2O4. The summed E-state index contributed by atoms with van der Waals surface area (Å²) in [5.74, 6) is 0.528. The molecule has 1 atom stereocenters. The average Bonchev–Trinajstić information content (AvgIpc) is 2.64. The van der Waals surface area contributed by atoms with E-state index < -0.39 is 0 Å². The van der Waals surface area contributed by atoms with Gasteiger partial charge in [-0.05, 0) is 55.9 Å². The van der Waals surface area contributed by atoms with Gasteiger partial charge in [0, 0.05) is 25.2 Å². The molecule has 2 N–H and O–H groups in total. The second kappa shape index (κ2) is 7.91. The lowest BCUT2D eigenvalue weighted by Gasteiger charge is -2.35. The largest absolute Gasteiger partial charge is 0.483 e. The molecular weight excluding hydrogens is 332 g/mol. The van der Waals surface area contributed by atoms with E-state index in [1.807, 2.05) is 30.9 Å². The highest BCUT2D eigenvalue weighted by molar-refractivity contribution is 5.88. The number of rotatable bonds is 5. The zero-order valence-corrected chi connectivity index (χ0v) is 15.4. The van der Waals surface area contributed by atoms with Gasteiger partial charge >= 0.3 is 5.63 Å². The van der Waals surface area contributed by atoms with E-state index in [1.165, 1.54) is 6.07 Å². The van der Waals surface area contributed by atoms with Crippen molar-refractivity contribution in [3.05, 3.63) is 39.7 Å². The molecule has 1 saturated heterocycles. The summed E-state index contributed by atoms with van der Waals surface area (Å²) >= 11 is 0. The van der Waals surface area contributed by atoms with E-state index in [2.05, 4.69) is 0 Å². The number of nitrogens with two attached hydrogens (primary N) is 1. The first-order chi connectivity index (χ1) is 12.5. The maximum absolute atomic E-state index is 12.6. The van der Waals surface area contributed by atoms with Gasteiger partial charge in [0.2, 0.25) is 0 Å². The zero-order valence-electron chi connectivity index (χ0n) is 15.4. The molecule has 0 radical (unpaired) electrons. The Morgan fingerprint density at radius 3 is 2.88 bits per heavy atom. The van der Waals surface area contributed by atoms with Crippen molar-refractivity contribution in [1.29, 1.82) is 0 Å². The standard InChI is InChI=1S/C20H26N2O4/c1-3-14-10-19(24)26-17-9-13(2)8-16(20(14)17)25-12-18(23)22-7-5-4-6-15(22)11-21/h8-10,15H,3-7,11-12,21H2,1-2H3. The summed E-state index contributed by atoms with van der Waals surface area (Å²) in [6.07, 6.45) is 3.73. The van der Waals surface area contributed by atoms with Gasteiger partial charge in [-0.3, -0.25) is 4.79 Å². The third-order valence-corrected chi connectivity index (χ3v) is 4.99. The SMILES string of the molecule is CCc1cc(=O)oc2cc(C)cc(OCC(=O)N3CCCCC3CN)c12. The number of fused-ring (bicyclic) bond motifs is 1. The van der Waals surface area contributed by atoms with Crippen LogP contribution in [0.2, 0.25) is 0 Å². The zero-order chi connectivity index (χ0) is 18.7. The quantitative estimate of drug-likeness (QED) is 0.830. The Balaban J connectivity index is 1.86. The highest BCUT2D eigenvalue weighted by Crippen LogP contribution is 2.30. The van der Waals surface area contributed by atoms with Crippen molar-refractivity contribution >= 4 is 16.9 Å². The number of aryl methyl sites for hydroxylation is 2. The predicted octanol–water partition coefficient (Wildman–Crippen LogP) is 2.38. The van der Waals surface area contributed by atoms with Crippen LogP contribution in [0.4, 0.5) is 0 Å². The van der Waals surface area contributed by atoms with Crippen molar-refractivity contribution in [2.75, 3.05) is 19.7 Å². The molecule has 1 unspecified atom stereocenters. The maximum Gasteiger partial charge on any atom is 0.336 e. The first-order valence-corrected chi connectivity index (χ1v) is 9.23. The fourth-order valence-corrected chi connectivity index (χ4v) is 3.66. The number of carbonyl (C=O) groups excluding carboxylic acids is 1. The topological polar surface area (TPSA) is 85.8 Å². The number of hydrogen-bond acceptors (Lipinski definition) is 5. The predicted molar refractivity (Wildman–Crippen MR) is 101 cm³/mol. The third kappa shape index (κ3) is 3.75. The Kier molecular flexibility index (Phi) is 5.61. The monoisotopic (exact) mass is 358 g/mol. The van der Waals surface area contributed by atoms with Crippen LogP contribution in [0.3, 0.4) is 0 Å². The number of likely N-dealkylation sites (tertiary alicyclic amines) is 1. The van der Waals surface area contributed by atoms with E-state index in [-0.39, 0.29) is 24.2 Å². The summed E-state index contributed by atoms with van der Waals surface area (Å²) < 4.78 is 11.2. The molecule has 1 aromatic carbocycles. The van der Waals surface area contributed by atoms with E-state index in [1.54, 1.807) is 0 Å². The van der Waals surface area contributed by atoms with Crippen LogP contribution >= 0.6 is 0 Å². The molecule has 0 bridgehead atoms. The summed E-state index contributed by atoms with van der Waals surface area (Å²) in [5, 5.41) is 0.763. The highest BCUT2D eigenvalue weighted by atomic mass is 16.5. The molecule has 140 valence electrons. The summed E-state index contributed by atoms with van der Waals surface area (Å²) in [6.45, 7) is 5.04. The molecule has 1 amide bonds. The Morgan fingerprint density at radius 1 is 1.35 bits per heavy atom. The summed E-state index contributed by atoms with van der Waals surface area (Å²) in [4.78, 5) is 26.2. The molecule has 1 aliphatic heterocycles. The number of amides is 1. The minimum atomic E-state index is -0.374. The normalized spacial score (nSPS) is 17.5. The number of ether oxygens (including phenoxy) is 1. The minimum absolute atomic E-state index is 0.0443. The number of piperidine rings is 1. The molecule has 2 aromatic rings. The molecule has 26 heavy (non-hydrogen) atoms. The molecule has 0 aliphatic carbocycles. The third-order valence-electron chi connectivity index (χ3n) is 4.99. The molecule has 1 aromatic heterocycles. The van der Waals surface area contributed by atoms with Gasteiger partial charge in [0.1, 0.15) is 11.3 Å². The van der Waals surface area contributed by atoms with Crippen LogP contribution in [-0.2, 0) is 11.2 Å². The Hall–Kier alpha value is -2.34. The fraction of sp³-hybridized carbons (Fsp3) is 0.500. The minimum Gasteiger partial charge on any atom is -0.483 e. The summed E-state index contributed by atoms with van der Waals surface area (Å²) in [7, 11) is 0. The van der Waals surface area contributed by atoms with E-state index in [9.17, 15) is 9.59 Å². The van der Waals surface area contributed by atoms with Gasteiger partial charge < -0.3 is 19.8 Å². The molecule has 3 rings (SSSR count). The van der Waals surface area contributed by atoms with Crippen molar-refractivity contribution in [3.63, 3.8) is 0 Å². The Morgan fingerprint density at radius 2 is 2.15 bits per heavy atom. The van der Waals surface area contributed by atoms with E-state index in [0.717, 1.165) is 42.3 Å². The first kappa shape index (κ1) is 18.5. The van der Waals surface area contributed by atoms with Gasteiger partial charge in [-0.25, -0.2) is 4.79 Å². The van der Waals surface area contributed by atoms with Crippen LogP contribution in [0.25, 0.3) is 11.0 Å². The second-order valence-corrected chi connectivity index (χ2v) is 6.84. The van der Waals surface area contributed by atoms with Crippen molar-refractivity contribution in [2.45, 2.75) is 45.6 Å². The lowest BCUT2D eigenvalue weighted by Crippen LogP contribution is -2.49. The maximum atomic E-state index is 12.6. The highest BCUT2D eigenvalue weighted by Gasteiger charge is 2.26. The Labute approximate surface area is 152 Å². The van der Waals surface area contributed by atoms with Gasteiger partial charge in [0.25, 0.3) is 5.91 Å². The fourth-order valence-electron chi connectivity index (χ4n) is 3.66. The van der Waals surface area contributed by atoms with Gasteiger partial charge in [0.15, 0.2) is 6.61 Å².